The van der Waals surface area contributed by atoms with Crippen LogP contribution in [0.4, 0.5) is 11.4 Å². The van der Waals surface area contributed by atoms with E-state index in [0.29, 0.717) is 27.7 Å². The number of amides is 2. The molecule has 7 heteroatoms. The third-order valence-corrected chi connectivity index (χ3v) is 7.06. The molecule has 5 nitrogen and oxygen atoms in total. The van der Waals surface area contributed by atoms with Crippen LogP contribution in [0.2, 0.25) is 5.02 Å². The van der Waals surface area contributed by atoms with Crippen molar-refractivity contribution < 1.29 is 14.3 Å². The van der Waals surface area contributed by atoms with E-state index in [9.17, 15) is 9.59 Å². The first-order valence-electron chi connectivity index (χ1n) is 11.1. The molecule has 4 aromatic carbocycles. The molecule has 0 heterocycles. The quantitative estimate of drug-likeness (QED) is 0.261. The fourth-order valence-electron chi connectivity index (χ4n) is 3.57. The van der Waals surface area contributed by atoms with Gasteiger partial charge in [-0.05, 0) is 72.6 Å². The van der Waals surface area contributed by atoms with Gasteiger partial charge in [-0.15, -0.1) is 11.8 Å². The zero-order valence-corrected chi connectivity index (χ0v) is 21.2. The summed E-state index contributed by atoms with van der Waals surface area (Å²) in [7, 11) is 1.54. The third-order valence-electron chi connectivity index (χ3n) is 5.54. The van der Waals surface area contributed by atoms with E-state index in [0.717, 1.165) is 21.2 Å². The number of hydrogen-bond donors (Lipinski definition) is 2. The Balaban J connectivity index is 1.37. The highest BCUT2D eigenvalue weighted by Crippen LogP contribution is 2.32. The topological polar surface area (TPSA) is 67.4 Å². The van der Waals surface area contributed by atoms with Crippen molar-refractivity contribution in [3.8, 4) is 5.75 Å². The fourth-order valence-corrected chi connectivity index (χ4v) is 4.59. The zero-order chi connectivity index (χ0) is 24.9. The lowest BCUT2D eigenvalue weighted by atomic mass is 10.1. The second kappa shape index (κ2) is 10.8. The van der Waals surface area contributed by atoms with Crippen molar-refractivity contribution in [1.82, 2.24) is 0 Å². The smallest absolute Gasteiger partial charge is 0.255 e. The Hall–Kier alpha value is -3.48. The summed E-state index contributed by atoms with van der Waals surface area (Å²) >= 11 is 7.58. The number of rotatable bonds is 7. The van der Waals surface area contributed by atoms with E-state index in [4.69, 9.17) is 16.3 Å². The summed E-state index contributed by atoms with van der Waals surface area (Å²) in [5, 5.41) is 8.18. The summed E-state index contributed by atoms with van der Waals surface area (Å²) < 4.78 is 5.34. The van der Waals surface area contributed by atoms with Gasteiger partial charge in [-0.25, -0.2) is 0 Å². The van der Waals surface area contributed by atoms with Crippen LogP contribution in [0, 0.1) is 6.92 Å². The number of benzene rings is 4. The number of anilines is 2. The van der Waals surface area contributed by atoms with E-state index >= 15 is 0 Å². The Bertz CT molecular complexity index is 1390. The summed E-state index contributed by atoms with van der Waals surface area (Å²) in [4.78, 5) is 26.4. The number of aryl methyl sites for hydroxylation is 1. The van der Waals surface area contributed by atoms with Gasteiger partial charge in [0, 0.05) is 27.2 Å². The Labute approximate surface area is 213 Å². The highest BCUT2D eigenvalue weighted by Gasteiger charge is 2.17. The Morgan fingerprint density at radius 2 is 1.63 bits per heavy atom. The van der Waals surface area contributed by atoms with E-state index in [2.05, 4.69) is 10.6 Å². The van der Waals surface area contributed by atoms with Crippen LogP contribution in [-0.2, 0) is 4.79 Å². The van der Waals surface area contributed by atoms with Crippen molar-refractivity contribution in [2.45, 2.75) is 24.0 Å². The minimum absolute atomic E-state index is 0.149. The molecule has 0 fully saturated rings. The van der Waals surface area contributed by atoms with Crippen LogP contribution in [0.1, 0.15) is 22.8 Å². The fraction of sp³-hybridized carbons (Fsp3) is 0.143. The molecule has 178 valence electrons. The average molecular weight is 505 g/mol. The molecule has 4 aromatic rings. The van der Waals surface area contributed by atoms with E-state index in [1.807, 2.05) is 80.6 Å². The van der Waals surface area contributed by atoms with E-state index in [1.54, 1.807) is 12.1 Å². The van der Waals surface area contributed by atoms with Gasteiger partial charge in [0.25, 0.3) is 5.91 Å². The maximum Gasteiger partial charge on any atom is 0.255 e. The second-order valence-electron chi connectivity index (χ2n) is 8.09. The summed E-state index contributed by atoms with van der Waals surface area (Å²) in [5.74, 6) is 0.192. The molecule has 35 heavy (non-hydrogen) atoms. The summed E-state index contributed by atoms with van der Waals surface area (Å²) in [6, 6.07) is 24.5. The van der Waals surface area contributed by atoms with Gasteiger partial charge >= 0.3 is 0 Å². The molecule has 2 N–H and O–H groups in total. The lowest BCUT2D eigenvalue weighted by molar-refractivity contribution is -0.115. The van der Waals surface area contributed by atoms with Crippen molar-refractivity contribution in [3.05, 3.63) is 95.0 Å². The van der Waals surface area contributed by atoms with Crippen LogP contribution >= 0.6 is 23.4 Å². The Morgan fingerprint density at radius 3 is 2.34 bits per heavy atom. The van der Waals surface area contributed by atoms with E-state index in [-0.39, 0.29) is 17.1 Å². The number of nitrogens with one attached hydrogen (secondary N) is 2. The van der Waals surface area contributed by atoms with Crippen molar-refractivity contribution in [2.24, 2.45) is 0 Å². The van der Waals surface area contributed by atoms with Gasteiger partial charge < -0.3 is 15.4 Å². The van der Waals surface area contributed by atoms with Gasteiger partial charge in [-0.1, -0.05) is 41.9 Å². The van der Waals surface area contributed by atoms with Crippen molar-refractivity contribution in [2.75, 3.05) is 17.7 Å². The molecule has 0 aliphatic heterocycles. The number of fused-ring (bicyclic) bond motifs is 1. The molecule has 0 aliphatic carbocycles. The summed E-state index contributed by atoms with van der Waals surface area (Å²) in [6.07, 6.45) is 0. The minimum atomic E-state index is -0.353. The van der Waals surface area contributed by atoms with Crippen molar-refractivity contribution >= 4 is 57.3 Å². The van der Waals surface area contributed by atoms with Gasteiger partial charge in [0.1, 0.15) is 5.75 Å². The minimum Gasteiger partial charge on any atom is -0.495 e. The number of halogens is 1. The first-order chi connectivity index (χ1) is 16.8. The molecule has 4 rings (SSSR count). The first-order valence-corrected chi connectivity index (χ1v) is 12.3. The van der Waals surface area contributed by atoms with Crippen LogP contribution in [0.15, 0.2) is 83.8 Å². The monoisotopic (exact) mass is 504 g/mol. The molecule has 1 unspecified atom stereocenters. The van der Waals surface area contributed by atoms with E-state index < -0.39 is 0 Å². The average Bonchev–Trinajstić information content (AvgIpc) is 2.86. The van der Waals surface area contributed by atoms with Crippen LogP contribution < -0.4 is 15.4 Å². The molecule has 0 aromatic heterocycles. The molecule has 0 saturated heterocycles. The van der Waals surface area contributed by atoms with Gasteiger partial charge in [-0.3, -0.25) is 9.59 Å². The van der Waals surface area contributed by atoms with Crippen LogP contribution in [-0.4, -0.2) is 24.2 Å². The molecule has 0 spiro atoms. The van der Waals surface area contributed by atoms with Crippen molar-refractivity contribution in [3.63, 3.8) is 0 Å². The predicted molar refractivity (Wildman–Crippen MR) is 145 cm³/mol. The zero-order valence-electron chi connectivity index (χ0n) is 19.6. The Kier molecular flexibility index (Phi) is 7.63. The van der Waals surface area contributed by atoms with Crippen LogP contribution in [0.5, 0.6) is 5.75 Å². The molecular formula is C28H25ClN2O3S. The number of hydrogen-bond acceptors (Lipinski definition) is 4. The highest BCUT2D eigenvalue weighted by molar-refractivity contribution is 8.00. The summed E-state index contributed by atoms with van der Waals surface area (Å²) in [5.41, 5.74) is 2.72. The maximum absolute atomic E-state index is 12.8. The molecular weight excluding hydrogens is 480 g/mol. The number of carbonyl (C=O) groups excluding carboxylic acids is 2. The molecule has 1 atom stereocenters. The van der Waals surface area contributed by atoms with Crippen LogP contribution in [0.25, 0.3) is 10.8 Å². The standard InChI is InChI=1S/C28H25ClN2O3S/c1-17-14-25(26(34-3)16-24(17)29)31-27(32)18(2)35-23-12-10-22(11-13-23)30-28(33)21-9-8-19-6-4-5-7-20(19)15-21/h4-16,18H,1-3H3,(H,30,33)(H,31,32). The Morgan fingerprint density at radius 1 is 0.914 bits per heavy atom. The van der Waals surface area contributed by atoms with Crippen molar-refractivity contribution in [1.29, 1.82) is 0 Å². The van der Waals surface area contributed by atoms with Gasteiger partial charge in [0.05, 0.1) is 18.0 Å². The molecule has 0 bridgehead atoms. The van der Waals surface area contributed by atoms with Gasteiger partial charge in [-0.2, -0.15) is 0 Å². The normalized spacial score (nSPS) is 11.7. The first kappa shape index (κ1) is 24.6. The largest absolute Gasteiger partial charge is 0.495 e. The molecule has 0 saturated carbocycles. The SMILES string of the molecule is COc1cc(Cl)c(C)cc1NC(=O)C(C)Sc1ccc(NC(=O)c2ccc3ccccc3c2)cc1. The molecule has 0 radical (unpaired) electrons. The maximum atomic E-state index is 12.8. The van der Waals surface area contributed by atoms with Gasteiger partial charge in [0.15, 0.2) is 0 Å². The number of thioether (sulfide) groups is 1. The molecule has 2 amide bonds. The lowest BCUT2D eigenvalue weighted by Gasteiger charge is -2.15. The lowest BCUT2D eigenvalue weighted by Crippen LogP contribution is -2.22. The number of methoxy groups -OCH3 is 1. The second-order valence-corrected chi connectivity index (χ2v) is 9.91. The molecule has 0 aliphatic rings. The van der Waals surface area contributed by atoms with Crippen LogP contribution in [0.3, 0.4) is 0 Å². The highest BCUT2D eigenvalue weighted by atomic mass is 35.5. The number of carbonyl (C=O) groups is 2. The summed E-state index contributed by atoms with van der Waals surface area (Å²) in [6.45, 7) is 3.71. The number of ether oxygens (including phenoxy) is 1. The predicted octanol–water partition coefficient (Wildman–Crippen LogP) is 7.18. The van der Waals surface area contributed by atoms with Gasteiger partial charge in [0.2, 0.25) is 5.91 Å². The third kappa shape index (κ3) is 5.96. The van der Waals surface area contributed by atoms with E-state index in [1.165, 1.54) is 18.9 Å².